The molecule has 3 aromatic carbocycles. The number of aryl methyl sites for hydroxylation is 2. The molecule has 2 amide bonds. The number of likely N-dealkylation sites (tertiary alicyclic amines) is 2. The van der Waals surface area contributed by atoms with Crippen molar-refractivity contribution in [3.05, 3.63) is 160 Å². The van der Waals surface area contributed by atoms with E-state index in [4.69, 9.17) is 9.72 Å². The molecule has 0 saturated carbocycles. The number of aromatic nitrogens is 5. The van der Waals surface area contributed by atoms with E-state index in [1.165, 1.54) is 22.2 Å². The van der Waals surface area contributed by atoms with Gasteiger partial charge in [-0.2, -0.15) is 0 Å². The quantitative estimate of drug-likeness (QED) is 0.153. The Balaban J connectivity index is 0.847. The summed E-state index contributed by atoms with van der Waals surface area (Å²) in [6, 6.07) is 33.3. The summed E-state index contributed by atoms with van der Waals surface area (Å²) in [5.74, 6) is 0.169. The molecule has 2 aliphatic rings. The van der Waals surface area contributed by atoms with Crippen molar-refractivity contribution in [2.24, 2.45) is 5.92 Å². The number of hydrogen-bond donors (Lipinski definition) is 1. The van der Waals surface area contributed by atoms with E-state index in [9.17, 15) is 19.5 Å². The Morgan fingerprint density at radius 3 is 2.33 bits per heavy atom. The van der Waals surface area contributed by atoms with Crippen molar-refractivity contribution in [3.8, 4) is 22.0 Å². The van der Waals surface area contributed by atoms with E-state index < -0.39 is 5.60 Å². The van der Waals surface area contributed by atoms with E-state index in [0.29, 0.717) is 73.7 Å². The molecule has 4 aromatic heterocycles. The van der Waals surface area contributed by atoms with Crippen LogP contribution in [0.15, 0.2) is 127 Å². The number of rotatable bonds is 10. The van der Waals surface area contributed by atoms with Crippen molar-refractivity contribution in [2.75, 3.05) is 26.2 Å². The maximum absolute atomic E-state index is 14.4. The van der Waals surface area contributed by atoms with E-state index in [1.807, 2.05) is 131 Å². The van der Waals surface area contributed by atoms with Gasteiger partial charge in [0.1, 0.15) is 28.6 Å². The molecule has 13 heteroatoms. The largest absolute Gasteiger partial charge is 0.489 e. The summed E-state index contributed by atoms with van der Waals surface area (Å²) in [4.78, 5) is 60.3. The van der Waals surface area contributed by atoms with Crippen LogP contribution >= 0.6 is 11.3 Å². The lowest BCUT2D eigenvalue weighted by atomic mass is 9.79. The maximum atomic E-state index is 14.4. The maximum Gasteiger partial charge on any atom is 0.265 e. The van der Waals surface area contributed by atoms with Crippen molar-refractivity contribution in [3.63, 3.8) is 0 Å². The molecule has 310 valence electrons. The minimum absolute atomic E-state index is 0.0310. The van der Waals surface area contributed by atoms with Gasteiger partial charge in [0.25, 0.3) is 11.5 Å². The Hall–Kier alpha value is -6.44. The zero-order valence-electron chi connectivity index (χ0n) is 34.2. The van der Waals surface area contributed by atoms with Crippen LogP contribution in [0.5, 0.6) is 5.75 Å². The Labute approximate surface area is 357 Å². The Bertz CT molecular complexity index is 2720. The van der Waals surface area contributed by atoms with Gasteiger partial charge in [-0.15, -0.1) is 11.3 Å². The van der Waals surface area contributed by atoms with Crippen molar-refractivity contribution in [1.29, 1.82) is 0 Å². The monoisotopic (exact) mass is 833 g/mol. The van der Waals surface area contributed by atoms with Crippen LogP contribution in [0.2, 0.25) is 0 Å². The molecule has 0 spiro atoms. The van der Waals surface area contributed by atoms with E-state index in [1.54, 1.807) is 12.3 Å². The summed E-state index contributed by atoms with van der Waals surface area (Å²) in [6.07, 6.45) is 6.27. The molecule has 7 aromatic rings. The SMILES string of the molecule is Cc1ccc(-c2nc(C)c(C(=O)N3CC[C@@H](C(=O)N4CCC(O)(Cn5cnc6c(ccn6-c6ccc(OCc7ccccc7)cc6)c5=O)CC4)[C@H](c4ccccc4)C3)s2)cn1. The third-order valence-electron chi connectivity index (χ3n) is 12.1. The zero-order valence-corrected chi connectivity index (χ0v) is 35.0. The van der Waals surface area contributed by atoms with Gasteiger partial charge in [-0.3, -0.25) is 23.9 Å². The first-order chi connectivity index (χ1) is 29.6. The van der Waals surface area contributed by atoms with Gasteiger partial charge in [0.05, 0.1) is 23.2 Å². The summed E-state index contributed by atoms with van der Waals surface area (Å²) in [7, 11) is 0. The molecule has 2 saturated heterocycles. The number of nitrogens with zero attached hydrogens (tertiary/aromatic N) is 7. The van der Waals surface area contributed by atoms with Gasteiger partial charge in [-0.25, -0.2) is 9.97 Å². The number of hydrogen-bond acceptors (Lipinski definition) is 9. The normalized spacial score (nSPS) is 17.7. The van der Waals surface area contributed by atoms with Crippen LogP contribution in [-0.4, -0.2) is 82.6 Å². The predicted molar refractivity (Wildman–Crippen MR) is 235 cm³/mol. The first kappa shape index (κ1) is 40.0. The second-order valence-electron chi connectivity index (χ2n) is 16.2. The number of carbonyl (C=O) groups excluding carboxylic acids is 2. The second-order valence-corrected chi connectivity index (χ2v) is 17.2. The Morgan fingerprint density at radius 1 is 0.869 bits per heavy atom. The standard InChI is InChI=1S/C48H47N7O5S/c1-32-13-14-36(27-49-32)44-51-33(2)42(61-44)47(58)53-23-19-39(41(28-53)35-11-7-4-8-12-35)45(56)52-25-21-48(59,22-26-52)30-54-31-50-43-40(46(54)57)20-24-55(43)37-15-17-38(18-16-37)60-29-34-9-5-3-6-10-34/h3-18,20,24,27,31,39,41,59H,19,21-23,25-26,28-30H2,1-2H3/t39-,41+/m1/s1. The van der Waals surface area contributed by atoms with Gasteiger partial charge in [-0.1, -0.05) is 60.7 Å². The van der Waals surface area contributed by atoms with Crippen LogP contribution < -0.4 is 10.3 Å². The van der Waals surface area contributed by atoms with Crippen LogP contribution in [0.4, 0.5) is 0 Å². The number of piperidine rings is 2. The third kappa shape index (κ3) is 8.35. The summed E-state index contributed by atoms with van der Waals surface area (Å²) in [6.45, 7) is 5.91. The molecule has 2 atom stereocenters. The predicted octanol–water partition coefficient (Wildman–Crippen LogP) is 7.20. The molecular formula is C48H47N7O5S. The lowest BCUT2D eigenvalue weighted by Crippen LogP contribution is -2.53. The minimum atomic E-state index is -1.19. The average Bonchev–Trinajstić information content (AvgIpc) is 3.91. The van der Waals surface area contributed by atoms with Crippen molar-refractivity contribution in [1.82, 2.24) is 33.9 Å². The highest BCUT2D eigenvalue weighted by Gasteiger charge is 2.42. The molecule has 12 nitrogen and oxygen atoms in total. The fourth-order valence-corrected chi connectivity index (χ4v) is 9.62. The average molecular weight is 834 g/mol. The molecule has 0 unspecified atom stereocenters. The lowest BCUT2D eigenvalue weighted by Gasteiger charge is -2.43. The van der Waals surface area contributed by atoms with Gasteiger partial charge < -0.3 is 24.2 Å². The Morgan fingerprint density at radius 2 is 1.61 bits per heavy atom. The van der Waals surface area contributed by atoms with E-state index in [0.717, 1.165) is 38.8 Å². The van der Waals surface area contributed by atoms with E-state index >= 15 is 0 Å². The van der Waals surface area contributed by atoms with Gasteiger partial charge in [0.15, 0.2) is 5.65 Å². The highest BCUT2D eigenvalue weighted by Crippen LogP contribution is 2.37. The van der Waals surface area contributed by atoms with Crippen molar-refractivity contribution < 1.29 is 19.4 Å². The fraction of sp³-hybridized carbons (Fsp3) is 0.292. The lowest BCUT2D eigenvalue weighted by molar-refractivity contribution is -0.142. The molecular weight excluding hydrogens is 787 g/mol. The van der Waals surface area contributed by atoms with Gasteiger partial charge in [0, 0.05) is 67.4 Å². The van der Waals surface area contributed by atoms with Gasteiger partial charge >= 0.3 is 0 Å². The number of carbonyl (C=O) groups is 2. The first-order valence-electron chi connectivity index (χ1n) is 20.7. The number of thiazole rings is 1. The summed E-state index contributed by atoms with van der Waals surface area (Å²) >= 11 is 1.38. The number of amides is 2. The second kappa shape index (κ2) is 16.9. The van der Waals surface area contributed by atoms with Crippen LogP contribution in [0.3, 0.4) is 0 Å². The molecule has 6 heterocycles. The number of ether oxygens (including phenoxy) is 1. The van der Waals surface area contributed by atoms with Gasteiger partial charge in [-0.05, 0) is 86.7 Å². The molecule has 0 aliphatic carbocycles. The van der Waals surface area contributed by atoms with Crippen molar-refractivity contribution in [2.45, 2.75) is 57.8 Å². The third-order valence-corrected chi connectivity index (χ3v) is 13.3. The van der Waals surface area contributed by atoms with E-state index in [-0.39, 0.29) is 35.8 Å². The molecule has 0 radical (unpaired) electrons. The topological polar surface area (TPSA) is 136 Å². The smallest absolute Gasteiger partial charge is 0.265 e. The molecule has 0 bridgehead atoms. The van der Waals surface area contributed by atoms with E-state index in [2.05, 4.69) is 9.97 Å². The molecule has 9 rings (SSSR count). The molecule has 1 N–H and O–H groups in total. The van der Waals surface area contributed by atoms with Crippen LogP contribution in [-0.2, 0) is 17.9 Å². The van der Waals surface area contributed by atoms with Crippen molar-refractivity contribution >= 4 is 34.2 Å². The van der Waals surface area contributed by atoms with Crippen LogP contribution in [0, 0.1) is 19.8 Å². The molecule has 61 heavy (non-hydrogen) atoms. The number of fused-ring (bicyclic) bond motifs is 1. The van der Waals surface area contributed by atoms with Crippen LogP contribution in [0.1, 0.15) is 57.4 Å². The van der Waals surface area contributed by atoms with Gasteiger partial charge in [0.2, 0.25) is 5.91 Å². The minimum Gasteiger partial charge on any atom is -0.489 e. The Kier molecular flexibility index (Phi) is 11.1. The molecule has 2 aliphatic heterocycles. The summed E-state index contributed by atoms with van der Waals surface area (Å²) in [5.41, 5.74) is 4.52. The van der Waals surface area contributed by atoms with Crippen LogP contribution in [0.25, 0.3) is 27.3 Å². The fourth-order valence-electron chi connectivity index (χ4n) is 8.60. The summed E-state index contributed by atoms with van der Waals surface area (Å²) < 4.78 is 9.29. The highest BCUT2D eigenvalue weighted by atomic mass is 32.1. The highest BCUT2D eigenvalue weighted by molar-refractivity contribution is 7.17. The molecule has 2 fully saturated rings. The zero-order chi connectivity index (χ0) is 42.1. The number of benzene rings is 3. The number of aliphatic hydroxyl groups is 1. The number of pyridine rings is 1. The summed E-state index contributed by atoms with van der Waals surface area (Å²) in [5, 5.41) is 13.0. The first-order valence-corrected chi connectivity index (χ1v) is 21.5.